The predicted molar refractivity (Wildman–Crippen MR) is 164 cm³/mol. The fourth-order valence-electron chi connectivity index (χ4n) is 4.33. The number of aryl methyl sites for hydroxylation is 1. The van der Waals surface area contributed by atoms with E-state index in [2.05, 4.69) is 38.0 Å². The normalized spacial score (nSPS) is 10.8. The van der Waals surface area contributed by atoms with Gasteiger partial charge in [-0.3, -0.25) is 9.38 Å². The first-order chi connectivity index (χ1) is 20.0. The predicted octanol–water partition coefficient (Wildman–Crippen LogP) is 6.21. The Morgan fingerprint density at radius 2 is 1.76 bits per heavy atom. The average molecular weight is 540 g/mol. The summed E-state index contributed by atoms with van der Waals surface area (Å²) in [6.45, 7) is 2.04. The van der Waals surface area contributed by atoms with Crippen molar-refractivity contribution in [3.8, 4) is 40.7 Å². The lowest BCUT2D eigenvalue weighted by Crippen LogP contribution is -2.07. The van der Waals surface area contributed by atoms with Crippen LogP contribution in [0.4, 0.5) is 5.82 Å². The monoisotopic (exact) mass is 539 g/mol. The Bertz CT molecular complexity index is 1830. The minimum atomic E-state index is 0.491. The van der Waals surface area contributed by atoms with Gasteiger partial charge in [-0.05, 0) is 55.0 Å². The molecule has 0 spiro atoms. The number of methoxy groups -OCH3 is 1. The fraction of sp³-hybridized carbons (Fsp3) is 0.121. The van der Waals surface area contributed by atoms with Gasteiger partial charge in [-0.1, -0.05) is 30.2 Å². The molecule has 0 aliphatic carbocycles. The number of ether oxygens (including phenoxy) is 1. The Balaban J connectivity index is 0.000000282. The minimum absolute atomic E-state index is 0.491. The van der Waals surface area contributed by atoms with Gasteiger partial charge in [0, 0.05) is 49.8 Å². The van der Waals surface area contributed by atoms with Gasteiger partial charge in [0.15, 0.2) is 5.82 Å². The molecule has 0 radical (unpaired) electrons. The number of hydrogen-bond acceptors (Lipinski definition) is 6. The molecule has 8 heteroatoms. The first-order valence-electron chi connectivity index (χ1n) is 12.9. The number of para-hydroxylation sites is 1. The molecule has 1 aromatic carbocycles. The zero-order valence-corrected chi connectivity index (χ0v) is 23.4. The highest BCUT2D eigenvalue weighted by molar-refractivity contribution is 5.85. The summed E-state index contributed by atoms with van der Waals surface area (Å²) >= 11 is 0. The van der Waals surface area contributed by atoms with Crippen molar-refractivity contribution in [1.29, 1.82) is 0 Å². The van der Waals surface area contributed by atoms with E-state index in [1.165, 1.54) is 5.39 Å². The number of aliphatic imine (C=N–C) groups is 1. The Labute approximate surface area is 239 Å². The first-order valence-corrected chi connectivity index (χ1v) is 12.9. The van der Waals surface area contributed by atoms with Gasteiger partial charge in [-0.2, -0.15) is 0 Å². The minimum Gasteiger partial charge on any atom is -0.481 e. The molecule has 0 aliphatic heterocycles. The van der Waals surface area contributed by atoms with Gasteiger partial charge in [-0.15, -0.1) is 6.42 Å². The molecule has 5 heterocycles. The van der Waals surface area contributed by atoms with E-state index in [0.29, 0.717) is 17.3 Å². The van der Waals surface area contributed by atoms with Gasteiger partial charge < -0.3 is 9.64 Å². The van der Waals surface area contributed by atoms with Crippen LogP contribution in [0.5, 0.6) is 5.88 Å². The maximum atomic E-state index is 5.78. The smallest absolute Gasteiger partial charge is 0.222 e. The van der Waals surface area contributed by atoms with Crippen LogP contribution >= 0.6 is 0 Å². The summed E-state index contributed by atoms with van der Waals surface area (Å²) in [5, 5.41) is 1.20. The van der Waals surface area contributed by atoms with Crippen LogP contribution in [-0.2, 0) is 0 Å². The summed E-state index contributed by atoms with van der Waals surface area (Å²) in [5.41, 5.74) is 6.80. The van der Waals surface area contributed by atoms with Gasteiger partial charge in [0.1, 0.15) is 11.3 Å². The molecule has 0 unspecified atom stereocenters. The van der Waals surface area contributed by atoms with Crippen LogP contribution in [0.3, 0.4) is 0 Å². The quantitative estimate of drug-likeness (QED) is 0.147. The number of terminal acetylenes is 1. The third-order valence-corrected chi connectivity index (χ3v) is 6.22. The molecular formula is C33H29N7O. The Morgan fingerprint density at radius 3 is 2.54 bits per heavy atom. The van der Waals surface area contributed by atoms with Crippen molar-refractivity contribution < 1.29 is 4.74 Å². The second-order valence-electron chi connectivity index (χ2n) is 9.45. The second-order valence-corrected chi connectivity index (χ2v) is 9.45. The van der Waals surface area contributed by atoms with E-state index in [-0.39, 0.29) is 0 Å². The molecule has 8 nitrogen and oxygen atoms in total. The van der Waals surface area contributed by atoms with Gasteiger partial charge >= 0.3 is 0 Å². The number of benzene rings is 1. The van der Waals surface area contributed by atoms with Gasteiger partial charge in [0.2, 0.25) is 5.88 Å². The first kappa shape index (κ1) is 27.0. The number of aromatic nitrogens is 5. The van der Waals surface area contributed by atoms with Crippen molar-refractivity contribution in [3.05, 3.63) is 103 Å². The molecule has 0 bridgehead atoms. The molecule has 202 valence electrons. The number of fused-ring (bicyclic) bond motifs is 2. The van der Waals surface area contributed by atoms with E-state index in [4.69, 9.17) is 16.1 Å². The van der Waals surface area contributed by atoms with Crippen molar-refractivity contribution in [2.75, 3.05) is 21.2 Å². The molecule has 41 heavy (non-hydrogen) atoms. The maximum Gasteiger partial charge on any atom is 0.222 e. The highest BCUT2D eigenvalue weighted by Crippen LogP contribution is 2.37. The van der Waals surface area contributed by atoms with Crippen LogP contribution in [0.25, 0.3) is 39.1 Å². The molecule has 0 saturated carbocycles. The SMILES string of the molecule is C#Cc1cc(-c2c(-c3cccnc3OC)nc3cc(C)ccn23)cnc1N=CN(C)C.c1ccc2ncccc2c1. The van der Waals surface area contributed by atoms with Crippen LogP contribution in [0.2, 0.25) is 0 Å². The van der Waals surface area contributed by atoms with Crippen LogP contribution in [0.15, 0.2) is 96.5 Å². The van der Waals surface area contributed by atoms with E-state index < -0.39 is 0 Å². The summed E-state index contributed by atoms with van der Waals surface area (Å²) in [5.74, 6) is 3.69. The number of imidazole rings is 1. The zero-order chi connectivity index (χ0) is 28.8. The maximum absolute atomic E-state index is 5.78. The Morgan fingerprint density at radius 1 is 0.976 bits per heavy atom. The number of hydrogen-bond donors (Lipinski definition) is 0. The molecule has 0 fully saturated rings. The highest BCUT2D eigenvalue weighted by Gasteiger charge is 2.20. The molecule has 5 aromatic heterocycles. The third kappa shape index (κ3) is 5.89. The lowest BCUT2D eigenvalue weighted by Gasteiger charge is -2.10. The molecule has 0 saturated heterocycles. The van der Waals surface area contributed by atoms with E-state index in [0.717, 1.165) is 39.2 Å². The van der Waals surface area contributed by atoms with Crippen LogP contribution in [-0.4, -0.2) is 56.8 Å². The number of nitrogens with zero attached hydrogens (tertiary/aromatic N) is 7. The summed E-state index contributed by atoms with van der Waals surface area (Å²) in [4.78, 5) is 24.1. The van der Waals surface area contributed by atoms with Crippen LogP contribution in [0.1, 0.15) is 11.1 Å². The van der Waals surface area contributed by atoms with E-state index in [9.17, 15) is 0 Å². The van der Waals surface area contributed by atoms with E-state index in [1.807, 2.05) is 97.3 Å². The second kappa shape index (κ2) is 12.1. The lowest BCUT2D eigenvalue weighted by molar-refractivity contribution is 0.399. The summed E-state index contributed by atoms with van der Waals surface area (Å²) < 4.78 is 7.52. The van der Waals surface area contributed by atoms with E-state index in [1.54, 1.807) is 25.8 Å². The standard InChI is InChI=1S/C24H22N6O.C9H7N/c1-6-17-13-18(14-26-23(17)27-15-29(3)4)22-21(19-8-7-10-25-24(19)31-5)28-20-12-16(2)9-11-30(20)22;1-2-6-9-8(4-1)5-3-7-10-9/h1,7-15H,2-5H3;1-7H. The number of rotatable bonds is 5. The molecule has 0 amide bonds. The molecule has 6 aromatic rings. The fourth-order valence-corrected chi connectivity index (χ4v) is 4.33. The summed E-state index contributed by atoms with van der Waals surface area (Å²) in [6, 6.07) is 21.9. The molecule has 0 aliphatic rings. The van der Waals surface area contributed by atoms with Crippen LogP contribution < -0.4 is 4.74 Å². The zero-order valence-electron chi connectivity index (χ0n) is 23.4. The molecule has 6 rings (SSSR count). The summed E-state index contributed by atoms with van der Waals surface area (Å²) in [7, 11) is 5.38. The van der Waals surface area contributed by atoms with Crippen LogP contribution in [0, 0.1) is 19.3 Å². The Hall–Kier alpha value is -5.55. The average Bonchev–Trinajstić information content (AvgIpc) is 3.38. The third-order valence-electron chi connectivity index (χ3n) is 6.22. The molecule has 0 N–H and O–H groups in total. The largest absolute Gasteiger partial charge is 0.481 e. The van der Waals surface area contributed by atoms with Crippen molar-refractivity contribution in [2.24, 2.45) is 4.99 Å². The topological polar surface area (TPSA) is 80.8 Å². The highest BCUT2D eigenvalue weighted by atomic mass is 16.5. The van der Waals surface area contributed by atoms with Gasteiger partial charge in [0.05, 0.1) is 35.8 Å². The lowest BCUT2D eigenvalue weighted by atomic mass is 10.1. The molecular weight excluding hydrogens is 510 g/mol. The van der Waals surface area contributed by atoms with Gasteiger partial charge in [0.25, 0.3) is 0 Å². The molecule has 0 atom stereocenters. The van der Waals surface area contributed by atoms with Gasteiger partial charge in [-0.25, -0.2) is 19.9 Å². The van der Waals surface area contributed by atoms with Crippen molar-refractivity contribution >= 4 is 28.7 Å². The Kier molecular flexibility index (Phi) is 7.98. The summed E-state index contributed by atoms with van der Waals surface area (Å²) in [6.07, 6.45) is 14.7. The van der Waals surface area contributed by atoms with Crippen molar-refractivity contribution in [3.63, 3.8) is 0 Å². The number of pyridine rings is 4. The van der Waals surface area contributed by atoms with Crippen molar-refractivity contribution in [2.45, 2.75) is 6.92 Å². The van der Waals surface area contributed by atoms with Crippen molar-refractivity contribution in [1.82, 2.24) is 29.2 Å². The van der Waals surface area contributed by atoms with E-state index >= 15 is 0 Å².